The lowest BCUT2D eigenvalue weighted by Crippen LogP contribution is -2.27. The molecule has 0 unspecified atom stereocenters. The van der Waals surface area contributed by atoms with Crippen LogP contribution >= 0.6 is 24.2 Å². The van der Waals surface area contributed by atoms with Gasteiger partial charge in [-0.15, -0.1) is 24.2 Å². The summed E-state index contributed by atoms with van der Waals surface area (Å²) in [6.45, 7) is 4.08. The molecule has 142 valence electrons. The third kappa shape index (κ3) is 5.72. The molecule has 26 heavy (non-hydrogen) atoms. The van der Waals surface area contributed by atoms with Crippen LogP contribution in [0.1, 0.15) is 35.7 Å². The smallest absolute Gasteiger partial charge is 0.236 e. The zero-order chi connectivity index (χ0) is 17.6. The Morgan fingerprint density at radius 3 is 2.88 bits per heavy atom. The van der Waals surface area contributed by atoms with E-state index in [4.69, 9.17) is 0 Å². The van der Waals surface area contributed by atoms with E-state index in [1.807, 2.05) is 13.1 Å². The van der Waals surface area contributed by atoms with Gasteiger partial charge in [-0.25, -0.2) is 4.68 Å². The Labute approximate surface area is 164 Å². The number of amides is 1. The van der Waals surface area contributed by atoms with Crippen molar-refractivity contribution in [1.82, 2.24) is 20.1 Å². The molecule has 0 aliphatic carbocycles. The van der Waals surface area contributed by atoms with Gasteiger partial charge in [-0.05, 0) is 38.4 Å². The van der Waals surface area contributed by atoms with E-state index in [0.717, 1.165) is 37.5 Å². The number of thioether (sulfide) groups is 1. The summed E-state index contributed by atoms with van der Waals surface area (Å²) < 4.78 is 1.67. The first-order valence-electron chi connectivity index (χ1n) is 8.66. The van der Waals surface area contributed by atoms with Gasteiger partial charge in [-0.1, -0.05) is 29.8 Å². The van der Waals surface area contributed by atoms with Crippen molar-refractivity contribution in [3.05, 3.63) is 41.2 Å². The number of carbonyl (C=O) groups excluding carboxylic acids is 1. The van der Waals surface area contributed by atoms with E-state index in [1.54, 1.807) is 16.4 Å². The van der Waals surface area contributed by atoms with Gasteiger partial charge < -0.3 is 5.32 Å². The third-order valence-electron chi connectivity index (χ3n) is 4.32. The molecule has 3 rings (SSSR count). The van der Waals surface area contributed by atoms with Crippen LogP contribution in [0.5, 0.6) is 0 Å². The lowest BCUT2D eigenvalue weighted by Gasteiger charge is -2.19. The Balaban J connectivity index is 0.00000243. The maximum atomic E-state index is 12.2. The molecule has 2 N–H and O–H groups in total. The molecule has 8 heteroatoms. The van der Waals surface area contributed by atoms with E-state index < -0.39 is 0 Å². The molecular weight excluding hydrogens is 370 g/mol. The van der Waals surface area contributed by atoms with Crippen molar-refractivity contribution in [2.24, 2.45) is 7.05 Å². The molecule has 1 aromatic heterocycles. The molecule has 6 nitrogen and oxygen atoms in total. The van der Waals surface area contributed by atoms with Crippen LogP contribution in [0.3, 0.4) is 0 Å². The number of rotatable bonds is 6. The zero-order valence-corrected chi connectivity index (χ0v) is 16.8. The minimum atomic E-state index is -0.0370. The standard InChI is InChI=1S/C18H25N5OS.ClH/c1-13-4-3-5-14(10-13)11-25-12-16(24)20-18-21-17(22-23(18)2)15-6-8-19-9-7-15;/h3-5,10,15,19H,6-9,11-12H2,1-2H3,(H,20,21,22,24);1H. The van der Waals surface area contributed by atoms with Gasteiger partial charge in [0.15, 0.2) is 5.82 Å². The number of halogens is 1. The van der Waals surface area contributed by atoms with Gasteiger partial charge >= 0.3 is 0 Å². The molecule has 1 amide bonds. The highest BCUT2D eigenvalue weighted by Gasteiger charge is 2.21. The number of aromatic nitrogens is 3. The fourth-order valence-electron chi connectivity index (χ4n) is 2.99. The average Bonchev–Trinajstić information content (AvgIpc) is 2.96. The van der Waals surface area contributed by atoms with E-state index in [9.17, 15) is 4.79 Å². The Morgan fingerprint density at radius 1 is 1.38 bits per heavy atom. The highest BCUT2D eigenvalue weighted by atomic mass is 35.5. The van der Waals surface area contributed by atoms with Gasteiger partial charge in [0.25, 0.3) is 0 Å². The number of anilines is 1. The predicted molar refractivity (Wildman–Crippen MR) is 109 cm³/mol. The van der Waals surface area contributed by atoms with Crippen molar-refractivity contribution >= 4 is 36.0 Å². The van der Waals surface area contributed by atoms with Crippen LogP contribution in [0, 0.1) is 6.92 Å². The zero-order valence-electron chi connectivity index (χ0n) is 15.2. The Bertz CT molecular complexity index is 730. The summed E-state index contributed by atoms with van der Waals surface area (Å²) in [6, 6.07) is 8.37. The molecular formula is C18H26ClN5OS. The summed E-state index contributed by atoms with van der Waals surface area (Å²) in [6.07, 6.45) is 2.09. The van der Waals surface area contributed by atoms with E-state index in [2.05, 4.69) is 45.8 Å². The second kappa shape index (κ2) is 9.94. The van der Waals surface area contributed by atoms with Crippen LogP contribution < -0.4 is 10.6 Å². The Hall–Kier alpha value is -1.57. The maximum absolute atomic E-state index is 12.2. The molecule has 0 bridgehead atoms. The first-order valence-corrected chi connectivity index (χ1v) is 9.82. The van der Waals surface area contributed by atoms with Crippen molar-refractivity contribution in [3.63, 3.8) is 0 Å². The molecule has 1 aromatic carbocycles. The monoisotopic (exact) mass is 395 g/mol. The van der Waals surface area contributed by atoms with E-state index >= 15 is 0 Å². The molecule has 2 heterocycles. The fourth-order valence-corrected chi connectivity index (χ4v) is 3.77. The van der Waals surface area contributed by atoms with Crippen LogP contribution in [-0.2, 0) is 17.6 Å². The summed E-state index contributed by atoms with van der Waals surface area (Å²) in [5.41, 5.74) is 2.48. The van der Waals surface area contributed by atoms with Crippen LogP contribution in [0.25, 0.3) is 0 Å². The minimum absolute atomic E-state index is 0. The SMILES string of the molecule is Cc1cccc(CSCC(=O)Nc2nc(C3CCNCC3)nn2C)c1.Cl. The highest BCUT2D eigenvalue weighted by Crippen LogP contribution is 2.23. The summed E-state index contributed by atoms with van der Waals surface area (Å²) >= 11 is 1.61. The first-order chi connectivity index (χ1) is 12.1. The molecule has 1 fully saturated rings. The molecule has 1 aliphatic rings. The summed E-state index contributed by atoms with van der Waals surface area (Å²) in [5.74, 6) is 2.96. The number of nitrogens with one attached hydrogen (secondary N) is 2. The number of aryl methyl sites for hydroxylation is 2. The Kier molecular flexibility index (Phi) is 7.93. The summed E-state index contributed by atoms with van der Waals surface area (Å²) in [4.78, 5) is 16.7. The molecule has 1 saturated heterocycles. The molecule has 0 radical (unpaired) electrons. The van der Waals surface area contributed by atoms with Crippen molar-refractivity contribution in [2.45, 2.75) is 31.4 Å². The van der Waals surface area contributed by atoms with Crippen LogP contribution in [0.15, 0.2) is 24.3 Å². The molecule has 0 saturated carbocycles. The highest BCUT2D eigenvalue weighted by molar-refractivity contribution is 7.99. The number of hydrogen-bond donors (Lipinski definition) is 2. The summed E-state index contributed by atoms with van der Waals surface area (Å²) in [7, 11) is 1.83. The number of hydrogen-bond acceptors (Lipinski definition) is 5. The quantitative estimate of drug-likeness (QED) is 0.786. The van der Waals surface area contributed by atoms with Crippen molar-refractivity contribution in [2.75, 3.05) is 24.2 Å². The van der Waals surface area contributed by atoms with E-state index in [1.165, 1.54) is 11.1 Å². The lowest BCUT2D eigenvalue weighted by molar-refractivity contribution is -0.113. The normalized spacial score (nSPS) is 14.7. The third-order valence-corrected chi connectivity index (χ3v) is 5.32. The van der Waals surface area contributed by atoms with Crippen LogP contribution in [-0.4, -0.2) is 39.5 Å². The van der Waals surface area contributed by atoms with Gasteiger partial charge in [0.2, 0.25) is 11.9 Å². The van der Waals surface area contributed by atoms with Gasteiger partial charge in [0, 0.05) is 18.7 Å². The van der Waals surface area contributed by atoms with Crippen molar-refractivity contribution < 1.29 is 4.79 Å². The fraction of sp³-hybridized carbons (Fsp3) is 0.500. The van der Waals surface area contributed by atoms with Crippen molar-refractivity contribution in [3.8, 4) is 0 Å². The van der Waals surface area contributed by atoms with E-state index in [0.29, 0.717) is 17.6 Å². The number of piperidine rings is 1. The summed E-state index contributed by atoms with van der Waals surface area (Å²) in [5, 5.41) is 10.7. The second-order valence-electron chi connectivity index (χ2n) is 6.47. The van der Waals surface area contributed by atoms with Gasteiger partial charge in [-0.2, -0.15) is 10.1 Å². The van der Waals surface area contributed by atoms with Crippen LogP contribution in [0.4, 0.5) is 5.95 Å². The van der Waals surface area contributed by atoms with Gasteiger partial charge in [0.1, 0.15) is 0 Å². The molecule has 2 aromatic rings. The second-order valence-corrected chi connectivity index (χ2v) is 7.46. The number of carbonyl (C=O) groups is 1. The topological polar surface area (TPSA) is 71.8 Å². The number of nitrogens with zero attached hydrogens (tertiary/aromatic N) is 3. The average molecular weight is 396 g/mol. The Morgan fingerprint density at radius 2 is 2.15 bits per heavy atom. The lowest BCUT2D eigenvalue weighted by atomic mass is 9.98. The number of benzene rings is 1. The van der Waals surface area contributed by atoms with Gasteiger partial charge in [0.05, 0.1) is 5.75 Å². The maximum Gasteiger partial charge on any atom is 0.236 e. The van der Waals surface area contributed by atoms with Crippen molar-refractivity contribution in [1.29, 1.82) is 0 Å². The minimum Gasteiger partial charge on any atom is -0.317 e. The first kappa shape index (κ1) is 20.7. The van der Waals surface area contributed by atoms with Gasteiger partial charge in [-0.3, -0.25) is 10.1 Å². The van der Waals surface area contributed by atoms with Crippen LogP contribution in [0.2, 0.25) is 0 Å². The predicted octanol–water partition coefficient (Wildman–Crippen LogP) is 2.88. The van der Waals surface area contributed by atoms with E-state index in [-0.39, 0.29) is 18.3 Å². The molecule has 0 spiro atoms. The molecule has 1 aliphatic heterocycles. The largest absolute Gasteiger partial charge is 0.317 e. The molecule has 0 atom stereocenters.